The van der Waals surface area contributed by atoms with Gasteiger partial charge < -0.3 is 0 Å². The van der Waals surface area contributed by atoms with Gasteiger partial charge in [-0.3, -0.25) is 4.79 Å². The molecule has 0 amide bonds. The Morgan fingerprint density at radius 2 is 1.23 bits per heavy atom. The van der Waals surface area contributed by atoms with Crippen LogP contribution in [0.4, 0.5) is 0 Å². The normalized spacial score (nSPS) is 11.7. The maximum Gasteiger partial charge on any atom is 0.267 e. The van der Waals surface area contributed by atoms with Crippen molar-refractivity contribution < 1.29 is 0 Å². The number of para-hydroxylation sites is 1. The molecule has 39 heavy (non-hydrogen) atoms. The summed E-state index contributed by atoms with van der Waals surface area (Å²) in [6.07, 6.45) is 1.76. The van der Waals surface area contributed by atoms with E-state index in [0.717, 1.165) is 55.2 Å². The van der Waals surface area contributed by atoms with E-state index in [-0.39, 0.29) is 5.56 Å². The summed E-state index contributed by atoms with van der Waals surface area (Å²) in [7, 11) is 0. The van der Waals surface area contributed by atoms with Crippen molar-refractivity contribution in [1.29, 1.82) is 0 Å². The zero-order valence-electron chi connectivity index (χ0n) is 20.6. The molecule has 0 saturated carbocycles. The van der Waals surface area contributed by atoms with Crippen LogP contribution in [0.25, 0.3) is 71.9 Å². The molecule has 4 aromatic heterocycles. The second kappa shape index (κ2) is 8.26. The maximum absolute atomic E-state index is 13.3. The number of fused-ring (bicyclic) bond motifs is 7. The van der Waals surface area contributed by atoms with Gasteiger partial charge in [0.05, 0.1) is 38.8 Å². The number of hydrogen-bond donors (Lipinski definition) is 0. The lowest BCUT2D eigenvalue weighted by atomic mass is 10.0. The molecule has 0 radical (unpaired) electrons. The zero-order chi connectivity index (χ0) is 25.9. The molecule has 0 saturated heterocycles. The van der Waals surface area contributed by atoms with Crippen LogP contribution in [0, 0.1) is 0 Å². The number of benzene rings is 4. The Kier molecular flexibility index (Phi) is 4.57. The first-order valence-corrected chi connectivity index (χ1v) is 12.7. The molecule has 4 aromatic carbocycles. The van der Waals surface area contributed by atoms with Crippen molar-refractivity contribution in [2.75, 3.05) is 0 Å². The molecule has 6 heteroatoms. The van der Waals surface area contributed by atoms with Gasteiger partial charge in [-0.05, 0) is 36.4 Å². The molecule has 182 valence electrons. The molecule has 0 N–H and O–H groups in total. The minimum absolute atomic E-state index is 0.128. The third kappa shape index (κ3) is 3.39. The average molecular weight is 502 g/mol. The van der Waals surface area contributed by atoms with Crippen molar-refractivity contribution in [3.8, 4) is 22.5 Å². The molecule has 8 rings (SSSR count). The van der Waals surface area contributed by atoms with Crippen molar-refractivity contribution in [2.24, 2.45) is 0 Å². The standard InChI is InChI=1S/C33H19N5O/c39-32-25-8-4-5-9-28(25)37-33-34-19-24-18-23(14-17-29(24)38(32)33)27-16-13-22-11-10-21-12-15-26(20-6-2-1-3-7-20)35-30(21)31(22)36-27/h1-19H. The summed E-state index contributed by atoms with van der Waals surface area (Å²) in [5.74, 6) is 0.384. The summed E-state index contributed by atoms with van der Waals surface area (Å²) in [5, 5.41) is 3.48. The predicted molar refractivity (Wildman–Crippen MR) is 156 cm³/mol. The second-order valence-corrected chi connectivity index (χ2v) is 9.57. The second-order valence-electron chi connectivity index (χ2n) is 9.57. The molecule has 8 aromatic rings. The summed E-state index contributed by atoms with van der Waals surface area (Å²) in [6, 6.07) is 35.9. The first kappa shape index (κ1) is 21.6. The van der Waals surface area contributed by atoms with Crippen LogP contribution in [0.15, 0.2) is 120 Å². The van der Waals surface area contributed by atoms with E-state index >= 15 is 0 Å². The molecule has 0 aliphatic rings. The van der Waals surface area contributed by atoms with Gasteiger partial charge >= 0.3 is 0 Å². The summed E-state index contributed by atoms with van der Waals surface area (Å²) in [4.78, 5) is 32.5. The lowest BCUT2D eigenvalue weighted by Crippen LogP contribution is -2.17. The van der Waals surface area contributed by atoms with Gasteiger partial charge in [0.25, 0.3) is 5.56 Å². The number of rotatable bonds is 2. The third-order valence-corrected chi connectivity index (χ3v) is 7.23. The van der Waals surface area contributed by atoms with E-state index in [1.807, 2.05) is 66.7 Å². The van der Waals surface area contributed by atoms with Crippen LogP contribution < -0.4 is 5.56 Å². The van der Waals surface area contributed by atoms with Crippen LogP contribution in [0.5, 0.6) is 0 Å². The molecular formula is C33H19N5O. The largest absolute Gasteiger partial charge is 0.268 e. The van der Waals surface area contributed by atoms with Gasteiger partial charge in [-0.2, -0.15) is 0 Å². The molecule has 0 fully saturated rings. The Morgan fingerprint density at radius 3 is 2.00 bits per heavy atom. The molecular weight excluding hydrogens is 482 g/mol. The first-order chi connectivity index (χ1) is 19.2. The van der Waals surface area contributed by atoms with Gasteiger partial charge in [0, 0.05) is 33.5 Å². The zero-order valence-corrected chi connectivity index (χ0v) is 20.6. The van der Waals surface area contributed by atoms with Crippen LogP contribution >= 0.6 is 0 Å². The van der Waals surface area contributed by atoms with Gasteiger partial charge in [-0.15, -0.1) is 0 Å². The summed E-state index contributed by atoms with van der Waals surface area (Å²) in [6.45, 7) is 0. The maximum atomic E-state index is 13.3. The van der Waals surface area contributed by atoms with Crippen molar-refractivity contribution in [1.82, 2.24) is 24.3 Å². The molecule has 0 aliphatic carbocycles. The lowest BCUT2D eigenvalue weighted by Gasteiger charge is -2.10. The molecule has 0 unspecified atom stereocenters. The number of aromatic nitrogens is 5. The fourth-order valence-electron chi connectivity index (χ4n) is 5.27. The van der Waals surface area contributed by atoms with Crippen molar-refractivity contribution in [3.63, 3.8) is 0 Å². The minimum atomic E-state index is -0.128. The number of pyridine rings is 2. The van der Waals surface area contributed by atoms with Crippen molar-refractivity contribution >= 4 is 49.4 Å². The third-order valence-electron chi connectivity index (χ3n) is 7.23. The Morgan fingerprint density at radius 1 is 0.564 bits per heavy atom. The molecule has 4 heterocycles. The monoisotopic (exact) mass is 501 g/mol. The predicted octanol–water partition coefficient (Wildman–Crippen LogP) is 6.83. The van der Waals surface area contributed by atoms with Crippen LogP contribution in [0.3, 0.4) is 0 Å². The van der Waals surface area contributed by atoms with E-state index < -0.39 is 0 Å². The van der Waals surface area contributed by atoms with Crippen LogP contribution in [-0.2, 0) is 0 Å². The fraction of sp³-hybridized carbons (Fsp3) is 0. The SMILES string of the molecule is O=c1c2ccccc2nc2ncc3cc(-c4ccc5ccc6ccc(-c7ccccc7)nc6c5n4)ccc3n12. The molecule has 0 bridgehead atoms. The number of hydrogen-bond acceptors (Lipinski definition) is 5. The van der Waals surface area contributed by atoms with Crippen molar-refractivity contribution in [3.05, 3.63) is 126 Å². The summed E-state index contributed by atoms with van der Waals surface area (Å²) < 4.78 is 1.58. The average Bonchev–Trinajstić information content (AvgIpc) is 3.00. The van der Waals surface area contributed by atoms with E-state index in [0.29, 0.717) is 16.7 Å². The van der Waals surface area contributed by atoms with Gasteiger partial charge in [0.1, 0.15) is 0 Å². The highest BCUT2D eigenvalue weighted by Gasteiger charge is 2.12. The fourth-order valence-corrected chi connectivity index (χ4v) is 5.27. The smallest absolute Gasteiger partial charge is 0.267 e. The summed E-state index contributed by atoms with van der Waals surface area (Å²) in [5.41, 5.74) is 6.74. The van der Waals surface area contributed by atoms with Gasteiger partial charge in [0.15, 0.2) is 0 Å². The van der Waals surface area contributed by atoms with Gasteiger partial charge in [-0.1, -0.05) is 72.8 Å². The highest BCUT2D eigenvalue weighted by molar-refractivity contribution is 6.04. The summed E-state index contributed by atoms with van der Waals surface area (Å²) >= 11 is 0. The van der Waals surface area contributed by atoms with Gasteiger partial charge in [-0.25, -0.2) is 24.3 Å². The van der Waals surface area contributed by atoms with Gasteiger partial charge in [0.2, 0.25) is 5.78 Å². The van der Waals surface area contributed by atoms with Crippen LogP contribution in [0.1, 0.15) is 0 Å². The Hall–Kier alpha value is -5.49. The Labute approximate surface area is 221 Å². The van der Waals surface area contributed by atoms with E-state index in [9.17, 15) is 4.79 Å². The topological polar surface area (TPSA) is 73.0 Å². The first-order valence-electron chi connectivity index (χ1n) is 12.7. The highest BCUT2D eigenvalue weighted by atomic mass is 16.1. The van der Waals surface area contributed by atoms with Crippen LogP contribution in [-0.4, -0.2) is 24.3 Å². The minimum Gasteiger partial charge on any atom is -0.268 e. The lowest BCUT2D eigenvalue weighted by molar-refractivity contribution is 1.07. The number of nitrogens with zero attached hydrogens (tertiary/aromatic N) is 5. The van der Waals surface area contributed by atoms with Crippen molar-refractivity contribution in [2.45, 2.75) is 0 Å². The molecule has 0 atom stereocenters. The Bertz CT molecular complexity index is 2310. The molecule has 0 aliphatic heterocycles. The molecule has 6 nitrogen and oxygen atoms in total. The quantitative estimate of drug-likeness (QED) is 0.192. The highest BCUT2D eigenvalue weighted by Crippen LogP contribution is 2.30. The van der Waals surface area contributed by atoms with E-state index in [1.54, 1.807) is 16.7 Å². The molecule has 0 spiro atoms. The van der Waals surface area contributed by atoms with E-state index in [2.05, 4.69) is 46.4 Å². The van der Waals surface area contributed by atoms with Crippen LogP contribution in [0.2, 0.25) is 0 Å². The Balaban J connectivity index is 1.31. The van der Waals surface area contributed by atoms with E-state index in [4.69, 9.17) is 9.97 Å². The van der Waals surface area contributed by atoms with E-state index in [1.165, 1.54) is 0 Å².